The van der Waals surface area contributed by atoms with Gasteiger partial charge in [0.2, 0.25) is 0 Å². The fourth-order valence-corrected chi connectivity index (χ4v) is 4.87. The summed E-state index contributed by atoms with van der Waals surface area (Å²) < 4.78 is 33.5. The Morgan fingerprint density at radius 1 is 1.47 bits per heavy atom. The van der Waals surface area contributed by atoms with Gasteiger partial charge in [0.25, 0.3) is 0 Å². The highest BCUT2D eigenvalue weighted by Gasteiger charge is 2.34. The van der Waals surface area contributed by atoms with Crippen LogP contribution in [0.5, 0.6) is 0 Å². The van der Waals surface area contributed by atoms with Gasteiger partial charge in [-0.3, -0.25) is 9.00 Å². The summed E-state index contributed by atoms with van der Waals surface area (Å²) in [6.07, 6.45) is 2.25. The van der Waals surface area contributed by atoms with Gasteiger partial charge in [-0.25, -0.2) is 8.42 Å². The summed E-state index contributed by atoms with van der Waals surface area (Å²) >= 11 is 0. The summed E-state index contributed by atoms with van der Waals surface area (Å²) in [7, 11) is -4.25. The lowest BCUT2D eigenvalue weighted by molar-refractivity contribution is -0.120. The maximum absolute atomic E-state index is 11.7. The van der Waals surface area contributed by atoms with E-state index in [0.717, 1.165) is 6.26 Å². The molecule has 1 aliphatic carbocycles. The first-order chi connectivity index (χ1) is 6.81. The first-order valence-electron chi connectivity index (χ1n) is 4.89. The van der Waals surface area contributed by atoms with Gasteiger partial charge < -0.3 is 0 Å². The molecule has 0 aromatic carbocycles. The molecule has 0 N–H and O–H groups in total. The maximum Gasteiger partial charge on any atom is 0.148 e. The van der Waals surface area contributed by atoms with E-state index in [1.165, 1.54) is 0 Å². The molecule has 0 bridgehead atoms. The molecule has 1 saturated carbocycles. The van der Waals surface area contributed by atoms with Crippen LogP contribution in [0, 0.1) is 5.92 Å². The van der Waals surface area contributed by atoms with E-state index in [9.17, 15) is 17.4 Å². The van der Waals surface area contributed by atoms with Crippen molar-refractivity contribution in [3.05, 3.63) is 0 Å². The van der Waals surface area contributed by atoms with Crippen LogP contribution < -0.4 is 0 Å². The van der Waals surface area contributed by atoms with Crippen LogP contribution in [-0.4, -0.2) is 41.4 Å². The van der Waals surface area contributed by atoms with Gasteiger partial charge in [0, 0.05) is 40.4 Å². The van der Waals surface area contributed by atoms with Crippen molar-refractivity contribution in [2.45, 2.75) is 25.0 Å². The fraction of sp³-hybridized carbons (Fsp3) is 0.889. The van der Waals surface area contributed by atoms with Crippen molar-refractivity contribution in [2.75, 3.05) is 17.8 Å². The summed E-state index contributed by atoms with van der Waals surface area (Å²) in [5.41, 5.74) is 0. The van der Waals surface area contributed by atoms with Crippen molar-refractivity contribution in [1.29, 1.82) is 0 Å². The van der Waals surface area contributed by atoms with E-state index in [0.29, 0.717) is 12.8 Å². The Morgan fingerprint density at radius 2 is 2.07 bits per heavy atom. The topological polar surface area (TPSA) is 68.3 Å². The van der Waals surface area contributed by atoms with E-state index in [1.54, 1.807) is 6.92 Å². The van der Waals surface area contributed by atoms with E-state index in [1.807, 2.05) is 0 Å². The summed E-state index contributed by atoms with van der Waals surface area (Å²) in [6.45, 7) is 1.78. The van der Waals surface area contributed by atoms with Crippen LogP contribution in [0.15, 0.2) is 0 Å². The monoisotopic (exact) mass is 252 g/mol. The summed E-state index contributed by atoms with van der Waals surface area (Å²) in [5, 5.41) is -0.140. The molecule has 0 radical (unpaired) electrons. The van der Waals surface area contributed by atoms with Gasteiger partial charge in [0.05, 0.1) is 5.75 Å². The van der Waals surface area contributed by atoms with E-state index in [2.05, 4.69) is 0 Å². The first-order valence-corrected chi connectivity index (χ1v) is 8.33. The molecule has 6 heteroatoms. The number of hydrogen-bond acceptors (Lipinski definition) is 4. The molecule has 4 nitrogen and oxygen atoms in total. The lowest BCUT2D eigenvalue weighted by Crippen LogP contribution is -2.25. The molecule has 0 spiro atoms. The standard InChI is InChI=1S/C9H16O4S2/c1-7-8(10)3-4-9(7)14(11)5-6-15(2,12)13/h7,9H,3-6H2,1-2H3. The van der Waals surface area contributed by atoms with Crippen LogP contribution in [0.25, 0.3) is 0 Å². The zero-order valence-electron chi connectivity index (χ0n) is 8.93. The number of ketones is 1. The van der Waals surface area contributed by atoms with Crippen molar-refractivity contribution < 1.29 is 17.4 Å². The van der Waals surface area contributed by atoms with Crippen LogP contribution in [0.1, 0.15) is 19.8 Å². The smallest absolute Gasteiger partial charge is 0.148 e. The summed E-state index contributed by atoms with van der Waals surface area (Å²) in [5.74, 6) is 0.0658. The zero-order chi connectivity index (χ0) is 11.6. The third-order valence-corrected chi connectivity index (χ3v) is 5.86. The molecule has 3 atom stereocenters. The Labute approximate surface area is 92.8 Å². The molecule has 1 fully saturated rings. The number of carbonyl (C=O) groups is 1. The SMILES string of the molecule is CC1C(=O)CCC1S(=O)CCS(C)(=O)=O. The van der Waals surface area contributed by atoms with Crippen molar-refractivity contribution in [3.63, 3.8) is 0 Å². The molecule has 0 aromatic heterocycles. The second-order valence-electron chi connectivity index (χ2n) is 4.05. The van der Waals surface area contributed by atoms with Gasteiger partial charge in [-0.1, -0.05) is 6.92 Å². The second-order valence-corrected chi connectivity index (χ2v) is 8.08. The van der Waals surface area contributed by atoms with Crippen LogP contribution in [0.2, 0.25) is 0 Å². The Balaban J connectivity index is 2.52. The number of Topliss-reactive ketones (excluding diaryl/α,β-unsaturated/α-hetero) is 1. The number of carbonyl (C=O) groups excluding carboxylic acids is 1. The molecular weight excluding hydrogens is 236 g/mol. The number of hydrogen-bond donors (Lipinski definition) is 0. The highest BCUT2D eigenvalue weighted by Crippen LogP contribution is 2.26. The van der Waals surface area contributed by atoms with Crippen molar-refractivity contribution in [2.24, 2.45) is 5.92 Å². The molecule has 1 rings (SSSR count). The molecule has 0 aromatic rings. The first kappa shape index (κ1) is 12.8. The van der Waals surface area contributed by atoms with Gasteiger partial charge >= 0.3 is 0 Å². The Hall–Kier alpha value is -0.230. The lowest BCUT2D eigenvalue weighted by Gasteiger charge is -2.12. The van der Waals surface area contributed by atoms with Gasteiger partial charge in [-0.05, 0) is 6.42 Å². The van der Waals surface area contributed by atoms with Gasteiger partial charge in [-0.15, -0.1) is 0 Å². The molecule has 0 aliphatic heterocycles. The lowest BCUT2D eigenvalue weighted by atomic mass is 10.1. The van der Waals surface area contributed by atoms with Crippen molar-refractivity contribution in [3.8, 4) is 0 Å². The maximum atomic E-state index is 11.7. The number of sulfone groups is 1. The Kier molecular flexibility index (Phi) is 4.06. The van der Waals surface area contributed by atoms with E-state index in [-0.39, 0.29) is 28.5 Å². The largest absolute Gasteiger partial charge is 0.299 e. The third kappa shape index (κ3) is 3.68. The van der Waals surface area contributed by atoms with Crippen molar-refractivity contribution in [1.82, 2.24) is 0 Å². The average Bonchev–Trinajstić information content (AvgIpc) is 2.43. The normalized spacial score (nSPS) is 29.3. The molecule has 1 aliphatic rings. The summed E-state index contributed by atoms with van der Waals surface area (Å²) in [4.78, 5) is 11.2. The molecule has 15 heavy (non-hydrogen) atoms. The Bertz CT molecular complexity index is 372. The minimum Gasteiger partial charge on any atom is -0.299 e. The van der Waals surface area contributed by atoms with Gasteiger partial charge in [0.1, 0.15) is 15.6 Å². The van der Waals surface area contributed by atoms with Crippen molar-refractivity contribution >= 4 is 26.4 Å². The zero-order valence-corrected chi connectivity index (χ0v) is 10.6. The molecule has 88 valence electrons. The van der Waals surface area contributed by atoms with Gasteiger partial charge in [-0.2, -0.15) is 0 Å². The van der Waals surface area contributed by atoms with Crippen LogP contribution in [0.3, 0.4) is 0 Å². The molecule has 3 unspecified atom stereocenters. The van der Waals surface area contributed by atoms with E-state index in [4.69, 9.17) is 0 Å². The molecule has 0 heterocycles. The predicted molar refractivity (Wildman–Crippen MR) is 59.9 cm³/mol. The second kappa shape index (κ2) is 4.74. The molecule has 0 amide bonds. The predicted octanol–water partition coefficient (Wildman–Crippen LogP) is 0.147. The van der Waals surface area contributed by atoms with Crippen LogP contribution in [0.4, 0.5) is 0 Å². The van der Waals surface area contributed by atoms with Crippen LogP contribution in [-0.2, 0) is 25.4 Å². The highest BCUT2D eigenvalue weighted by atomic mass is 32.2. The Morgan fingerprint density at radius 3 is 2.47 bits per heavy atom. The van der Waals surface area contributed by atoms with Gasteiger partial charge in [0.15, 0.2) is 0 Å². The fourth-order valence-electron chi connectivity index (χ4n) is 1.71. The van der Waals surface area contributed by atoms with Crippen LogP contribution >= 0.6 is 0 Å². The van der Waals surface area contributed by atoms with E-state index < -0.39 is 20.6 Å². The number of rotatable bonds is 4. The third-order valence-electron chi connectivity index (χ3n) is 2.73. The molecule has 0 saturated heterocycles. The molecular formula is C9H16O4S2. The minimum atomic E-state index is -3.06. The summed E-state index contributed by atoms with van der Waals surface area (Å²) in [6, 6.07) is 0. The quantitative estimate of drug-likeness (QED) is 0.714. The highest BCUT2D eigenvalue weighted by molar-refractivity contribution is 7.92. The van der Waals surface area contributed by atoms with E-state index >= 15 is 0 Å². The average molecular weight is 252 g/mol. The minimum absolute atomic E-state index is 0.0585.